The third-order valence-corrected chi connectivity index (χ3v) is 3.02. The minimum atomic E-state index is -0.192. The van der Waals surface area contributed by atoms with E-state index in [4.69, 9.17) is 0 Å². The van der Waals surface area contributed by atoms with Gasteiger partial charge in [0.15, 0.2) is 0 Å². The van der Waals surface area contributed by atoms with Crippen LogP contribution in [0.2, 0.25) is 0 Å². The van der Waals surface area contributed by atoms with Gasteiger partial charge in [-0.05, 0) is 45.5 Å². The molecule has 0 aliphatic heterocycles. The molecule has 1 rings (SSSR count). The molecule has 0 radical (unpaired) electrons. The van der Waals surface area contributed by atoms with Crippen molar-refractivity contribution in [1.82, 2.24) is 15.2 Å². The summed E-state index contributed by atoms with van der Waals surface area (Å²) in [5, 5.41) is 2.80. The number of carbonyl (C=O) groups is 1. The Morgan fingerprint density at radius 1 is 1.53 bits per heavy atom. The summed E-state index contributed by atoms with van der Waals surface area (Å²) < 4.78 is 0. The predicted octanol–water partition coefficient (Wildman–Crippen LogP) is 1.82. The zero-order valence-electron chi connectivity index (χ0n) is 12.2. The van der Waals surface area contributed by atoms with Crippen LogP contribution in [0.25, 0.3) is 0 Å². The Morgan fingerprint density at radius 3 is 2.79 bits per heavy atom. The number of aromatic nitrogens is 1. The first-order valence-corrected chi connectivity index (χ1v) is 6.47. The normalized spacial score (nSPS) is 12.3. The van der Waals surface area contributed by atoms with Gasteiger partial charge in [0.2, 0.25) is 5.91 Å². The van der Waals surface area contributed by atoms with E-state index in [9.17, 15) is 4.79 Å². The standard InChI is InChI=1S/C15H23N3O/c1-6-7-16-15(19)13(4)18(5)10-14-9-11(2)8-12(3)17-14/h6,8-9,13H,1,7,10H2,2-5H3,(H,16,19)/t13-/m0/s1. The van der Waals surface area contributed by atoms with Crippen LogP contribution in [0.5, 0.6) is 0 Å². The van der Waals surface area contributed by atoms with Gasteiger partial charge in [-0.2, -0.15) is 0 Å². The zero-order chi connectivity index (χ0) is 14.4. The van der Waals surface area contributed by atoms with Gasteiger partial charge in [0.05, 0.1) is 11.7 Å². The van der Waals surface area contributed by atoms with E-state index in [-0.39, 0.29) is 11.9 Å². The van der Waals surface area contributed by atoms with Crippen LogP contribution in [-0.4, -0.2) is 35.4 Å². The third kappa shape index (κ3) is 4.83. The Balaban J connectivity index is 2.65. The smallest absolute Gasteiger partial charge is 0.237 e. The van der Waals surface area contributed by atoms with Crippen LogP contribution in [0.15, 0.2) is 24.8 Å². The van der Waals surface area contributed by atoms with Gasteiger partial charge in [-0.3, -0.25) is 14.7 Å². The van der Waals surface area contributed by atoms with Gasteiger partial charge < -0.3 is 5.32 Å². The van der Waals surface area contributed by atoms with Crippen molar-refractivity contribution in [3.05, 3.63) is 41.7 Å². The topological polar surface area (TPSA) is 45.2 Å². The first kappa shape index (κ1) is 15.4. The summed E-state index contributed by atoms with van der Waals surface area (Å²) in [7, 11) is 1.93. The van der Waals surface area contributed by atoms with E-state index in [1.807, 2.05) is 31.9 Å². The largest absolute Gasteiger partial charge is 0.351 e. The van der Waals surface area contributed by atoms with Crippen LogP contribution >= 0.6 is 0 Å². The van der Waals surface area contributed by atoms with Crippen LogP contribution in [0, 0.1) is 13.8 Å². The highest BCUT2D eigenvalue weighted by molar-refractivity contribution is 5.81. The predicted molar refractivity (Wildman–Crippen MR) is 77.8 cm³/mol. The molecule has 0 aliphatic rings. The SMILES string of the molecule is C=CCNC(=O)[C@H](C)N(C)Cc1cc(C)cc(C)n1. The molecule has 104 valence electrons. The summed E-state index contributed by atoms with van der Waals surface area (Å²) in [5.41, 5.74) is 3.19. The van der Waals surface area contributed by atoms with Gasteiger partial charge in [-0.15, -0.1) is 6.58 Å². The van der Waals surface area contributed by atoms with Crippen molar-refractivity contribution >= 4 is 5.91 Å². The van der Waals surface area contributed by atoms with Gasteiger partial charge in [-0.1, -0.05) is 6.08 Å². The van der Waals surface area contributed by atoms with Crippen molar-refractivity contribution in [3.63, 3.8) is 0 Å². The van der Waals surface area contributed by atoms with Crippen LogP contribution in [-0.2, 0) is 11.3 Å². The molecule has 0 spiro atoms. The number of nitrogens with one attached hydrogen (secondary N) is 1. The van der Waals surface area contributed by atoms with E-state index < -0.39 is 0 Å². The number of aryl methyl sites for hydroxylation is 2. The molecular weight excluding hydrogens is 238 g/mol. The molecule has 4 heteroatoms. The zero-order valence-corrected chi connectivity index (χ0v) is 12.2. The van der Waals surface area contributed by atoms with Gasteiger partial charge in [0.25, 0.3) is 0 Å². The van der Waals surface area contributed by atoms with Gasteiger partial charge in [0, 0.05) is 18.8 Å². The minimum absolute atomic E-state index is 0.00627. The molecule has 1 aromatic rings. The van der Waals surface area contributed by atoms with Crippen LogP contribution in [0.3, 0.4) is 0 Å². The fourth-order valence-corrected chi connectivity index (χ4v) is 1.92. The van der Waals surface area contributed by atoms with E-state index in [0.29, 0.717) is 13.1 Å². The Morgan fingerprint density at radius 2 is 2.21 bits per heavy atom. The maximum Gasteiger partial charge on any atom is 0.237 e. The van der Waals surface area contributed by atoms with Crippen molar-refractivity contribution in [2.75, 3.05) is 13.6 Å². The number of likely N-dealkylation sites (N-methyl/N-ethyl adjacent to an activating group) is 1. The number of rotatable bonds is 6. The maximum atomic E-state index is 11.8. The molecule has 1 N–H and O–H groups in total. The fourth-order valence-electron chi connectivity index (χ4n) is 1.92. The lowest BCUT2D eigenvalue weighted by Crippen LogP contribution is -2.43. The van der Waals surface area contributed by atoms with Crippen LogP contribution in [0.1, 0.15) is 23.9 Å². The molecule has 4 nitrogen and oxygen atoms in total. The van der Waals surface area contributed by atoms with E-state index in [0.717, 1.165) is 11.4 Å². The molecule has 1 amide bonds. The second-order valence-corrected chi connectivity index (χ2v) is 4.90. The molecule has 19 heavy (non-hydrogen) atoms. The van der Waals surface area contributed by atoms with Crippen molar-refractivity contribution < 1.29 is 4.79 Å². The summed E-state index contributed by atoms with van der Waals surface area (Å²) in [6.45, 7) is 10.7. The Kier molecular flexibility index (Phi) is 5.70. The molecule has 1 atom stereocenters. The number of nitrogens with zero attached hydrogens (tertiary/aromatic N) is 2. The number of hydrogen-bond donors (Lipinski definition) is 1. The van der Waals surface area contributed by atoms with Gasteiger partial charge in [0.1, 0.15) is 0 Å². The molecule has 0 aromatic carbocycles. The Labute approximate surface area is 115 Å². The first-order valence-electron chi connectivity index (χ1n) is 6.47. The molecule has 0 bridgehead atoms. The summed E-state index contributed by atoms with van der Waals surface area (Å²) in [6, 6.07) is 3.91. The Hall–Kier alpha value is -1.68. The van der Waals surface area contributed by atoms with Crippen molar-refractivity contribution in [2.45, 2.75) is 33.4 Å². The lowest BCUT2D eigenvalue weighted by atomic mass is 10.2. The van der Waals surface area contributed by atoms with E-state index in [2.05, 4.69) is 29.9 Å². The molecule has 0 aliphatic carbocycles. The molecule has 0 fully saturated rings. The minimum Gasteiger partial charge on any atom is -0.351 e. The Bertz CT molecular complexity index is 436. The highest BCUT2D eigenvalue weighted by Crippen LogP contribution is 2.08. The molecule has 0 saturated carbocycles. The fraction of sp³-hybridized carbons (Fsp3) is 0.467. The number of amides is 1. The monoisotopic (exact) mass is 261 g/mol. The lowest BCUT2D eigenvalue weighted by molar-refractivity contribution is -0.125. The van der Waals surface area contributed by atoms with Crippen molar-refractivity contribution in [2.24, 2.45) is 0 Å². The molecule has 0 unspecified atom stereocenters. The molecule has 0 saturated heterocycles. The highest BCUT2D eigenvalue weighted by Gasteiger charge is 2.17. The van der Waals surface area contributed by atoms with Crippen LogP contribution < -0.4 is 5.32 Å². The van der Waals surface area contributed by atoms with E-state index >= 15 is 0 Å². The molecule has 1 heterocycles. The summed E-state index contributed by atoms with van der Waals surface area (Å²) in [4.78, 5) is 18.3. The number of carbonyl (C=O) groups excluding carboxylic acids is 1. The average molecular weight is 261 g/mol. The van der Waals surface area contributed by atoms with Crippen LogP contribution in [0.4, 0.5) is 0 Å². The van der Waals surface area contributed by atoms with E-state index in [1.165, 1.54) is 5.56 Å². The second kappa shape index (κ2) is 7.04. The second-order valence-electron chi connectivity index (χ2n) is 4.90. The van der Waals surface area contributed by atoms with E-state index in [1.54, 1.807) is 6.08 Å². The highest BCUT2D eigenvalue weighted by atomic mass is 16.2. The summed E-state index contributed by atoms with van der Waals surface area (Å²) in [6.07, 6.45) is 1.68. The summed E-state index contributed by atoms with van der Waals surface area (Å²) in [5.74, 6) is 0.00627. The third-order valence-electron chi connectivity index (χ3n) is 3.02. The number of hydrogen-bond acceptors (Lipinski definition) is 3. The summed E-state index contributed by atoms with van der Waals surface area (Å²) >= 11 is 0. The quantitative estimate of drug-likeness (QED) is 0.795. The number of pyridine rings is 1. The van der Waals surface area contributed by atoms with Gasteiger partial charge in [-0.25, -0.2) is 0 Å². The maximum absolute atomic E-state index is 11.8. The van der Waals surface area contributed by atoms with Gasteiger partial charge >= 0.3 is 0 Å². The molecular formula is C15H23N3O. The average Bonchev–Trinajstić information content (AvgIpc) is 2.33. The molecule has 1 aromatic heterocycles. The lowest BCUT2D eigenvalue weighted by Gasteiger charge is -2.23. The van der Waals surface area contributed by atoms with Crippen molar-refractivity contribution in [1.29, 1.82) is 0 Å². The first-order chi connectivity index (χ1) is 8.93. The van der Waals surface area contributed by atoms with Crippen molar-refractivity contribution in [3.8, 4) is 0 Å².